The molecule has 2 nitrogen and oxygen atoms in total. The van der Waals surface area contributed by atoms with Gasteiger partial charge in [0.25, 0.3) is 0 Å². The van der Waals surface area contributed by atoms with E-state index >= 15 is 0 Å². The van der Waals surface area contributed by atoms with Gasteiger partial charge < -0.3 is 10.2 Å². The summed E-state index contributed by atoms with van der Waals surface area (Å²) >= 11 is 1.96. The van der Waals surface area contributed by atoms with Gasteiger partial charge >= 0.3 is 0 Å². The Bertz CT molecular complexity index is 130. The van der Waals surface area contributed by atoms with Crippen LogP contribution in [0.3, 0.4) is 0 Å². The van der Waals surface area contributed by atoms with Crippen molar-refractivity contribution in [1.29, 1.82) is 0 Å². The SMILES string of the molecule is CNC1CCN(CC(C)SC)C1. The topological polar surface area (TPSA) is 15.3 Å². The molecule has 1 fully saturated rings. The van der Waals surface area contributed by atoms with E-state index < -0.39 is 0 Å². The summed E-state index contributed by atoms with van der Waals surface area (Å²) in [6.07, 6.45) is 3.51. The monoisotopic (exact) mass is 188 g/mol. The van der Waals surface area contributed by atoms with Crippen LogP contribution in [-0.2, 0) is 0 Å². The molecule has 1 heterocycles. The maximum absolute atomic E-state index is 3.34. The lowest BCUT2D eigenvalue weighted by molar-refractivity contribution is 0.334. The van der Waals surface area contributed by atoms with Gasteiger partial charge in [-0.3, -0.25) is 0 Å². The summed E-state index contributed by atoms with van der Waals surface area (Å²) < 4.78 is 0. The van der Waals surface area contributed by atoms with Crippen LogP contribution in [0.2, 0.25) is 0 Å². The molecule has 0 aliphatic carbocycles. The molecule has 12 heavy (non-hydrogen) atoms. The van der Waals surface area contributed by atoms with E-state index in [-0.39, 0.29) is 0 Å². The lowest BCUT2D eigenvalue weighted by atomic mass is 10.3. The molecule has 2 unspecified atom stereocenters. The molecular weight excluding hydrogens is 168 g/mol. The van der Waals surface area contributed by atoms with Crippen LogP contribution in [0.15, 0.2) is 0 Å². The highest BCUT2D eigenvalue weighted by atomic mass is 32.2. The first kappa shape index (κ1) is 10.4. The zero-order valence-electron chi connectivity index (χ0n) is 8.34. The third-order valence-electron chi connectivity index (χ3n) is 2.60. The Labute approximate surface area is 80.1 Å². The number of hydrogen-bond donors (Lipinski definition) is 1. The summed E-state index contributed by atoms with van der Waals surface area (Å²) in [4.78, 5) is 2.56. The Morgan fingerprint density at radius 3 is 2.92 bits per heavy atom. The number of hydrogen-bond acceptors (Lipinski definition) is 3. The van der Waals surface area contributed by atoms with Crippen LogP contribution < -0.4 is 5.32 Å². The van der Waals surface area contributed by atoms with E-state index in [4.69, 9.17) is 0 Å². The second-order valence-corrected chi connectivity index (χ2v) is 4.86. The first-order valence-corrected chi connectivity index (χ1v) is 5.97. The van der Waals surface area contributed by atoms with Crippen molar-refractivity contribution in [3.8, 4) is 0 Å². The number of likely N-dealkylation sites (N-methyl/N-ethyl adjacent to an activating group) is 1. The molecule has 0 aromatic carbocycles. The Morgan fingerprint density at radius 2 is 2.42 bits per heavy atom. The Hall–Kier alpha value is 0.270. The molecule has 1 N–H and O–H groups in total. The van der Waals surface area contributed by atoms with Gasteiger partial charge in [0.1, 0.15) is 0 Å². The van der Waals surface area contributed by atoms with E-state index in [2.05, 4.69) is 30.4 Å². The van der Waals surface area contributed by atoms with Gasteiger partial charge in [-0.2, -0.15) is 11.8 Å². The van der Waals surface area contributed by atoms with Gasteiger partial charge in [0.15, 0.2) is 0 Å². The van der Waals surface area contributed by atoms with Crippen LogP contribution >= 0.6 is 11.8 Å². The minimum Gasteiger partial charge on any atom is -0.316 e. The fraction of sp³-hybridized carbons (Fsp3) is 1.00. The van der Waals surface area contributed by atoms with E-state index in [0.717, 1.165) is 11.3 Å². The molecule has 2 atom stereocenters. The van der Waals surface area contributed by atoms with Crippen molar-refractivity contribution in [1.82, 2.24) is 10.2 Å². The van der Waals surface area contributed by atoms with Gasteiger partial charge in [-0.05, 0) is 26.3 Å². The van der Waals surface area contributed by atoms with Crippen LogP contribution in [0.5, 0.6) is 0 Å². The summed E-state index contributed by atoms with van der Waals surface area (Å²) in [6, 6.07) is 0.735. The maximum atomic E-state index is 3.34. The van der Waals surface area contributed by atoms with Crippen LogP contribution in [0.4, 0.5) is 0 Å². The molecule has 0 aromatic heterocycles. The minimum atomic E-state index is 0.735. The third-order valence-corrected chi connectivity index (χ3v) is 3.55. The molecule has 0 aromatic rings. The van der Waals surface area contributed by atoms with Crippen LogP contribution in [-0.4, -0.2) is 49.1 Å². The Balaban J connectivity index is 2.18. The summed E-state index contributed by atoms with van der Waals surface area (Å²) in [7, 11) is 2.06. The van der Waals surface area contributed by atoms with E-state index in [1.54, 1.807) is 0 Å². The molecule has 1 aliphatic rings. The first-order chi connectivity index (χ1) is 5.76. The van der Waals surface area contributed by atoms with Crippen molar-refractivity contribution in [2.24, 2.45) is 0 Å². The van der Waals surface area contributed by atoms with Gasteiger partial charge in [-0.25, -0.2) is 0 Å². The molecule has 72 valence electrons. The maximum Gasteiger partial charge on any atom is 0.0204 e. The molecule has 0 saturated carbocycles. The van der Waals surface area contributed by atoms with Gasteiger partial charge in [-0.1, -0.05) is 6.92 Å². The van der Waals surface area contributed by atoms with E-state index in [1.165, 1.54) is 26.1 Å². The van der Waals surface area contributed by atoms with Gasteiger partial charge in [0, 0.05) is 24.4 Å². The lowest BCUT2D eigenvalue weighted by Crippen LogP contribution is -2.32. The Kier molecular flexibility index (Phi) is 4.40. The van der Waals surface area contributed by atoms with Crippen LogP contribution in [0.1, 0.15) is 13.3 Å². The highest BCUT2D eigenvalue weighted by Crippen LogP contribution is 2.13. The molecule has 0 spiro atoms. The summed E-state index contributed by atoms with van der Waals surface area (Å²) in [6.45, 7) is 6.06. The van der Waals surface area contributed by atoms with Crippen molar-refractivity contribution in [3.05, 3.63) is 0 Å². The predicted molar refractivity (Wildman–Crippen MR) is 56.9 cm³/mol. The quantitative estimate of drug-likeness (QED) is 0.709. The number of thioether (sulfide) groups is 1. The summed E-state index contributed by atoms with van der Waals surface area (Å²) in [5, 5.41) is 4.12. The average Bonchev–Trinajstić information content (AvgIpc) is 2.52. The zero-order valence-corrected chi connectivity index (χ0v) is 9.16. The highest BCUT2D eigenvalue weighted by Gasteiger charge is 2.21. The third kappa shape index (κ3) is 2.96. The normalized spacial score (nSPS) is 27.8. The molecule has 1 aliphatic heterocycles. The first-order valence-electron chi connectivity index (χ1n) is 4.68. The molecule has 3 heteroatoms. The molecule has 0 bridgehead atoms. The largest absolute Gasteiger partial charge is 0.316 e. The number of nitrogens with zero attached hydrogens (tertiary/aromatic N) is 1. The van der Waals surface area contributed by atoms with Gasteiger partial charge in [0.2, 0.25) is 0 Å². The smallest absolute Gasteiger partial charge is 0.0204 e. The molecule has 0 radical (unpaired) electrons. The van der Waals surface area contributed by atoms with Crippen molar-refractivity contribution < 1.29 is 0 Å². The lowest BCUT2D eigenvalue weighted by Gasteiger charge is -2.19. The predicted octanol–water partition coefficient (Wildman–Crippen LogP) is 1.03. The van der Waals surface area contributed by atoms with Gasteiger partial charge in [-0.15, -0.1) is 0 Å². The second-order valence-electron chi connectivity index (χ2n) is 3.58. The number of nitrogens with one attached hydrogen (secondary N) is 1. The van der Waals surface area contributed by atoms with Crippen molar-refractivity contribution >= 4 is 11.8 Å². The fourth-order valence-corrected chi connectivity index (χ4v) is 2.03. The van der Waals surface area contributed by atoms with Crippen LogP contribution in [0, 0.1) is 0 Å². The molecular formula is C9H20N2S. The number of rotatable bonds is 4. The van der Waals surface area contributed by atoms with E-state index in [9.17, 15) is 0 Å². The second kappa shape index (κ2) is 5.10. The zero-order chi connectivity index (χ0) is 8.97. The standard InChI is InChI=1S/C9H20N2S/c1-8(12-3)6-11-5-4-9(7-11)10-2/h8-10H,4-7H2,1-3H3. The van der Waals surface area contributed by atoms with Crippen molar-refractivity contribution in [2.45, 2.75) is 24.6 Å². The van der Waals surface area contributed by atoms with Crippen molar-refractivity contribution in [3.63, 3.8) is 0 Å². The summed E-state index contributed by atoms with van der Waals surface area (Å²) in [5.74, 6) is 0. The molecule has 1 saturated heterocycles. The summed E-state index contributed by atoms with van der Waals surface area (Å²) in [5.41, 5.74) is 0. The van der Waals surface area contributed by atoms with Gasteiger partial charge in [0.05, 0.1) is 0 Å². The van der Waals surface area contributed by atoms with Crippen LogP contribution in [0.25, 0.3) is 0 Å². The fourth-order valence-electron chi connectivity index (χ4n) is 1.67. The number of likely N-dealkylation sites (tertiary alicyclic amines) is 1. The van der Waals surface area contributed by atoms with E-state index in [0.29, 0.717) is 0 Å². The minimum absolute atomic E-state index is 0.735. The highest BCUT2D eigenvalue weighted by molar-refractivity contribution is 7.99. The van der Waals surface area contributed by atoms with E-state index in [1.807, 2.05) is 11.8 Å². The average molecular weight is 188 g/mol. The molecule has 1 rings (SSSR count). The Morgan fingerprint density at radius 1 is 1.67 bits per heavy atom. The van der Waals surface area contributed by atoms with Crippen molar-refractivity contribution in [2.75, 3.05) is 32.9 Å². The molecule has 0 amide bonds.